The van der Waals surface area contributed by atoms with Gasteiger partial charge in [0.25, 0.3) is 0 Å². The number of nitrogen functional groups attached to an aromatic ring is 1. The molecule has 2 N–H and O–H groups in total. The molecule has 1 aromatic carbocycles. The van der Waals surface area contributed by atoms with Crippen LogP contribution in [-0.4, -0.2) is 22.8 Å². The van der Waals surface area contributed by atoms with Gasteiger partial charge in [-0.25, -0.2) is 13.8 Å². The molecule has 0 bridgehead atoms. The van der Waals surface area contributed by atoms with Gasteiger partial charge in [0.05, 0.1) is 12.1 Å². The first kappa shape index (κ1) is 12.3. The molecule has 1 aromatic heterocycles. The maximum absolute atomic E-state index is 13.5. The van der Waals surface area contributed by atoms with Gasteiger partial charge in [-0.2, -0.15) is 0 Å². The zero-order chi connectivity index (χ0) is 13.4. The highest BCUT2D eigenvalue weighted by Crippen LogP contribution is 2.28. The van der Waals surface area contributed by atoms with Crippen molar-refractivity contribution in [2.24, 2.45) is 5.92 Å². The topological polar surface area (TPSA) is 53.1 Å². The average Bonchev–Trinajstić information content (AvgIpc) is 3.11. The summed E-state index contributed by atoms with van der Waals surface area (Å²) in [7, 11) is 0. The minimum absolute atomic E-state index is 0.0982. The first-order chi connectivity index (χ1) is 9.15. The van der Waals surface area contributed by atoms with Gasteiger partial charge in [-0.1, -0.05) is 0 Å². The Labute approximate surface area is 109 Å². The monoisotopic (exact) mass is 267 g/mol. The van der Waals surface area contributed by atoms with E-state index in [-0.39, 0.29) is 11.5 Å². The van der Waals surface area contributed by atoms with Crippen LogP contribution in [0.1, 0.15) is 12.8 Å². The molecule has 19 heavy (non-hydrogen) atoms. The Hall–Kier alpha value is -1.69. The fourth-order valence-electron chi connectivity index (χ4n) is 2.09. The third-order valence-corrected chi connectivity index (χ3v) is 3.31. The third-order valence-electron chi connectivity index (χ3n) is 3.31. The van der Waals surface area contributed by atoms with E-state index in [1.165, 1.54) is 18.9 Å². The lowest BCUT2D eigenvalue weighted by Crippen LogP contribution is -2.10. The van der Waals surface area contributed by atoms with Crippen molar-refractivity contribution >= 4 is 17.0 Å². The molecule has 0 aliphatic heterocycles. The second-order valence-corrected chi connectivity index (χ2v) is 4.90. The van der Waals surface area contributed by atoms with Crippen molar-refractivity contribution in [1.82, 2.24) is 9.55 Å². The molecule has 3 rings (SSSR count). The molecule has 4 nitrogen and oxygen atoms in total. The summed E-state index contributed by atoms with van der Waals surface area (Å²) >= 11 is 0. The lowest BCUT2D eigenvalue weighted by molar-refractivity contribution is 0.118. The van der Waals surface area contributed by atoms with Crippen molar-refractivity contribution in [3.05, 3.63) is 23.8 Å². The first-order valence-electron chi connectivity index (χ1n) is 6.33. The number of hydrogen-bond acceptors (Lipinski definition) is 3. The van der Waals surface area contributed by atoms with E-state index in [9.17, 15) is 8.78 Å². The highest BCUT2D eigenvalue weighted by molar-refractivity contribution is 5.79. The van der Waals surface area contributed by atoms with Gasteiger partial charge in [-0.05, 0) is 18.8 Å². The number of imidazole rings is 1. The summed E-state index contributed by atoms with van der Waals surface area (Å²) in [5.41, 5.74) is 6.20. The van der Waals surface area contributed by atoms with E-state index in [0.29, 0.717) is 24.6 Å². The molecule has 1 saturated carbocycles. The van der Waals surface area contributed by atoms with E-state index in [2.05, 4.69) is 4.98 Å². The van der Waals surface area contributed by atoms with Gasteiger partial charge >= 0.3 is 0 Å². The molecule has 0 unspecified atom stereocenters. The Morgan fingerprint density at radius 1 is 1.37 bits per heavy atom. The van der Waals surface area contributed by atoms with E-state index in [1.54, 1.807) is 4.57 Å². The Kier molecular flexibility index (Phi) is 3.10. The fourth-order valence-corrected chi connectivity index (χ4v) is 2.09. The Balaban J connectivity index is 1.78. The Morgan fingerprint density at radius 3 is 2.89 bits per heavy atom. The van der Waals surface area contributed by atoms with Crippen molar-refractivity contribution in [3.8, 4) is 0 Å². The SMILES string of the molecule is Nc1nc2c(F)cc(F)cc2n1CCOCC1CC1. The minimum Gasteiger partial charge on any atom is -0.379 e. The van der Waals surface area contributed by atoms with E-state index in [1.807, 2.05) is 0 Å². The van der Waals surface area contributed by atoms with Gasteiger partial charge < -0.3 is 15.0 Å². The Bertz CT molecular complexity index is 607. The normalized spacial score (nSPS) is 15.3. The van der Waals surface area contributed by atoms with Crippen LogP contribution in [0.25, 0.3) is 11.0 Å². The van der Waals surface area contributed by atoms with Gasteiger partial charge in [-0.3, -0.25) is 0 Å². The van der Waals surface area contributed by atoms with Crippen molar-refractivity contribution in [1.29, 1.82) is 0 Å². The van der Waals surface area contributed by atoms with Crippen LogP contribution in [0.5, 0.6) is 0 Å². The van der Waals surface area contributed by atoms with Crippen LogP contribution >= 0.6 is 0 Å². The predicted molar refractivity (Wildman–Crippen MR) is 67.6 cm³/mol. The number of rotatable bonds is 5. The molecule has 1 aliphatic rings. The molecule has 0 atom stereocenters. The van der Waals surface area contributed by atoms with Gasteiger partial charge in [0, 0.05) is 25.3 Å². The van der Waals surface area contributed by atoms with Crippen molar-refractivity contribution in [3.63, 3.8) is 0 Å². The lowest BCUT2D eigenvalue weighted by atomic mass is 10.3. The van der Waals surface area contributed by atoms with Gasteiger partial charge in [0.1, 0.15) is 11.3 Å². The zero-order valence-electron chi connectivity index (χ0n) is 10.4. The number of benzene rings is 1. The van der Waals surface area contributed by atoms with Crippen LogP contribution in [-0.2, 0) is 11.3 Å². The molecule has 0 amide bonds. The zero-order valence-corrected chi connectivity index (χ0v) is 10.4. The lowest BCUT2D eigenvalue weighted by Gasteiger charge is -2.07. The van der Waals surface area contributed by atoms with Crippen LogP contribution in [0.2, 0.25) is 0 Å². The van der Waals surface area contributed by atoms with Gasteiger partial charge in [0.15, 0.2) is 5.82 Å². The van der Waals surface area contributed by atoms with Gasteiger partial charge in [-0.15, -0.1) is 0 Å². The van der Waals surface area contributed by atoms with Gasteiger partial charge in [0.2, 0.25) is 5.95 Å². The summed E-state index contributed by atoms with van der Waals surface area (Å²) in [6.45, 7) is 1.65. The van der Waals surface area contributed by atoms with E-state index in [4.69, 9.17) is 10.5 Å². The quantitative estimate of drug-likeness (QED) is 0.846. The number of fused-ring (bicyclic) bond motifs is 1. The highest BCUT2D eigenvalue weighted by Gasteiger charge is 2.21. The fraction of sp³-hybridized carbons (Fsp3) is 0.462. The summed E-state index contributed by atoms with van der Waals surface area (Å²) in [5.74, 6) is -0.467. The van der Waals surface area contributed by atoms with Crippen molar-refractivity contribution in [2.75, 3.05) is 18.9 Å². The predicted octanol–water partition coefficient (Wildman–Crippen LogP) is 2.32. The molecule has 1 fully saturated rings. The summed E-state index contributed by atoms with van der Waals surface area (Å²) in [6.07, 6.45) is 2.46. The van der Waals surface area contributed by atoms with E-state index >= 15 is 0 Å². The standard InChI is InChI=1S/C13H15F2N3O/c14-9-5-10(15)12-11(6-9)18(13(16)17-12)3-4-19-7-8-1-2-8/h5-6,8H,1-4,7H2,(H2,16,17). The van der Waals surface area contributed by atoms with Crippen LogP contribution in [0.4, 0.5) is 14.7 Å². The Morgan fingerprint density at radius 2 is 2.16 bits per heavy atom. The molecule has 1 heterocycles. The summed E-state index contributed by atoms with van der Waals surface area (Å²) < 4.78 is 33.9. The van der Waals surface area contributed by atoms with E-state index in [0.717, 1.165) is 12.7 Å². The summed E-state index contributed by atoms with van der Waals surface area (Å²) in [6, 6.07) is 2.05. The number of nitrogens with zero attached hydrogens (tertiary/aromatic N) is 2. The number of anilines is 1. The molecule has 0 radical (unpaired) electrons. The van der Waals surface area contributed by atoms with Crippen LogP contribution in [0.3, 0.4) is 0 Å². The number of ether oxygens (including phenoxy) is 1. The number of halogens is 2. The maximum Gasteiger partial charge on any atom is 0.201 e. The third kappa shape index (κ3) is 2.53. The molecule has 0 saturated heterocycles. The molecule has 2 aromatic rings. The number of hydrogen-bond donors (Lipinski definition) is 1. The highest BCUT2D eigenvalue weighted by atomic mass is 19.1. The molecule has 1 aliphatic carbocycles. The first-order valence-corrected chi connectivity index (χ1v) is 6.33. The van der Waals surface area contributed by atoms with Crippen molar-refractivity contribution in [2.45, 2.75) is 19.4 Å². The van der Waals surface area contributed by atoms with Crippen LogP contribution in [0, 0.1) is 17.6 Å². The molecule has 102 valence electrons. The second kappa shape index (κ2) is 4.77. The number of nitrogens with two attached hydrogens (primary N) is 1. The molecule has 6 heteroatoms. The second-order valence-electron chi connectivity index (χ2n) is 4.90. The summed E-state index contributed by atoms with van der Waals surface area (Å²) in [5, 5.41) is 0. The largest absolute Gasteiger partial charge is 0.379 e. The number of aromatic nitrogens is 2. The summed E-state index contributed by atoms with van der Waals surface area (Å²) in [4.78, 5) is 3.92. The molecule has 0 spiro atoms. The minimum atomic E-state index is -0.695. The molecular formula is C13H15F2N3O. The molecular weight excluding hydrogens is 252 g/mol. The maximum atomic E-state index is 13.5. The van der Waals surface area contributed by atoms with Crippen LogP contribution in [0.15, 0.2) is 12.1 Å². The van der Waals surface area contributed by atoms with Crippen LogP contribution < -0.4 is 5.73 Å². The van der Waals surface area contributed by atoms with Crippen molar-refractivity contribution < 1.29 is 13.5 Å². The van der Waals surface area contributed by atoms with E-state index < -0.39 is 11.6 Å². The average molecular weight is 267 g/mol. The smallest absolute Gasteiger partial charge is 0.201 e.